The molecule has 0 radical (unpaired) electrons. The third-order valence-electron chi connectivity index (χ3n) is 2.58. The van der Waals surface area contributed by atoms with Crippen molar-refractivity contribution in [3.8, 4) is 0 Å². The highest BCUT2D eigenvalue weighted by Gasteiger charge is 2.29. The molecule has 122 valence electrons. The van der Waals surface area contributed by atoms with Gasteiger partial charge in [-0.15, -0.1) is 0 Å². The van der Waals surface area contributed by atoms with E-state index < -0.39 is 23.1 Å². The van der Waals surface area contributed by atoms with Gasteiger partial charge in [0.2, 0.25) is 0 Å². The number of hydrogen-bond donors (Lipinski definition) is 3. The Morgan fingerprint density at radius 2 is 1.55 bits per heavy atom. The van der Waals surface area contributed by atoms with Crippen LogP contribution < -0.4 is 0 Å². The minimum atomic E-state index is -1.47. The molecule has 0 aromatic heterocycles. The second-order valence-corrected chi connectivity index (χ2v) is 6.68. The molecule has 4 nitrogen and oxygen atoms in total. The first-order chi connectivity index (χ1) is 10.2. The average molecular weight is 424 g/mol. The SMILES string of the molecule is O=C(O)c1c(Cl)c(Cl)c(Cl)c(Cl)c1C(=O)OCCC(S)CS. The van der Waals surface area contributed by atoms with E-state index in [0.717, 1.165) is 0 Å². The number of carboxylic acids is 1. The lowest BCUT2D eigenvalue weighted by Gasteiger charge is -2.14. The van der Waals surface area contributed by atoms with Crippen molar-refractivity contribution in [2.24, 2.45) is 0 Å². The zero-order valence-corrected chi connectivity index (χ0v) is 15.6. The highest BCUT2D eigenvalue weighted by atomic mass is 35.5. The molecule has 0 aliphatic heterocycles. The fraction of sp³-hybridized carbons (Fsp3) is 0.333. The number of ether oxygens (including phenoxy) is 1. The average Bonchev–Trinajstić information content (AvgIpc) is 2.47. The number of aromatic carboxylic acids is 1. The Kier molecular flexibility index (Phi) is 7.99. The largest absolute Gasteiger partial charge is 0.478 e. The van der Waals surface area contributed by atoms with Crippen LogP contribution in [0.1, 0.15) is 27.1 Å². The Labute approximate surface area is 157 Å². The van der Waals surface area contributed by atoms with Crippen LogP contribution >= 0.6 is 71.7 Å². The second-order valence-electron chi connectivity index (χ2n) is 4.07. The molecular formula is C12H10Cl4O4S2. The predicted octanol–water partition coefficient (Wildman–Crippen LogP) is 4.77. The number of thiol groups is 2. The minimum absolute atomic E-state index is 0.0147. The van der Waals surface area contributed by atoms with Crippen molar-refractivity contribution < 1.29 is 19.4 Å². The summed E-state index contributed by atoms with van der Waals surface area (Å²) in [5.41, 5.74) is -0.988. The number of carbonyl (C=O) groups is 2. The summed E-state index contributed by atoms with van der Waals surface area (Å²) >= 11 is 31.6. The van der Waals surface area contributed by atoms with E-state index in [1.54, 1.807) is 0 Å². The summed E-state index contributed by atoms with van der Waals surface area (Å²) in [4.78, 5) is 23.4. The molecule has 0 aliphatic carbocycles. The van der Waals surface area contributed by atoms with E-state index in [-0.39, 0.29) is 31.9 Å². The molecule has 0 fully saturated rings. The summed E-state index contributed by atoms with van der Waals surface area (Å²) in [6, 6.07) is 0. The van der Waals surface area contributed by atoms with E-state index >= 15 is 0 Å². The molecule has 10 heteroatoms. The summed E-state index contributed by atoms with van der Waals surface area (Å²) in [5.74, 6) is -1.93. The third kappa shape index (κ3) is 4.52. The highest BCUT2D eigenvalue weighted by Crippen LogP contribution is 2.41. The quantitative estimate of drug-likeness (QED) is 0.267. The molecule has 0 saturated heterocycles. The molecule has 1 atom stereocenters. The Bertz CT molecular complexity index is 610. The Balaban J connectivity index is 3.17. The first-order valence-electron chi connectivity index (χ1n) is 5.77. The van der Waals surface area contributed by atoms with Crippen LogP contribution in [0.25, 0.3) is 0 Å². The van der Waals surface area contributed by atoms with Crippen LogP contribution in [-0.4, -0.2) is 34.7 Å². The normalized spacial score (nSPS) is 12.1. The first-order valence-corrected chi connectivity index (χ1v) is 8.43. The molecule has 1 unspecified atom stereocenters. The number of esters is 1. The topological polar surface area (TPSA) is 63.6 Å². The molecule has 0 heterocycles. The van der Waals surface area contributed by atoms with Gasteiger partial charge < -0.3 is 9.84 Å². The van der Waals surface area contributed by atoms with Gasteiger partial charge in [0.05, 0.1) is 37.8 Å². The van der Waals surface area contributed by atoms with Crippen LogP contribution in [0.3, 0.4) is 0 Å². The van der Waals surface area contributed by atoms with E-state index in [1.807, 2.05) is 0 Å². The van der Waals surface area contributed by atoms with Crippen molar-refractivity contribution in [3.63, 3.8) is 0 Å². The summed E-state index contributed by atoms with van der Waals surface area (Å²) in [6.07, 6.45) is 0.438. The number of benzene rings is 1. The minimum Gasteiger partial charge on any atom is -0.478 e. The standard InChI is InChI=1S/C12H10Cl4O4S2/c13-7-5(11(17)18)6(8(14)10(16)9(7)15)12(19)20-2-1-4(22)3-21/h4,21-22H,1-3H2,(H,17,18). The van der Waals surface area contributed by atoms with E-state index in [2.05, 4.69) is 25.3 Å². The highest BCUT2D eigenvalue weighted by molar-refractivity contribution is 7.84. The van der Waals surface area contributed by atoms with E-state index in [4.69, 9.17) is 51.1 Å². The zero-order chi connectivity index (χ0) is 17.0. The number of hydrogen-bond acceptors (Lipinski definition) is 5. The molecule has 1 N–H and O–H groups in total. The van der Waals surface area contributed by atoms with Crippen molar-refractivity contribution in [2.45, 2.75) is 11.7 Å². The predicted molar refractivity (Wildman–Crippen MR) is 95.0 cm³/mol. The number of rotatable bonds is 6. The molecule has 0 amide bonds. The zero-order valence-electron chi connectivity index (χ0n) is 10.8. The van der Waals surface area contributed by atoms with Gasteiger partial charge in [-0.2, -0.15) is 25.3 Å². The summed E-state index contributed by atoms with van der Waals surface area (Å²) in [6.45, 7) is 0.0147. The molecule has 1 rings (SSSR count). The van der Waals surface area contributed by atoms with Gasteiger partial charge in [-0.1, -0.05) is 46.4 Å². The van der Waals surface area contributed by atoms with E-state index in [0.29, 0.717) is 12.2 Å². The van der Waals surface area contributed by atoms with Crippen LogP contribution in [0.2, 0.25) is 20.1 Å². The van der Waals surface area contributed by atoms with Crippen molar-refractivity contribution in [2.75, 3.05) is 12.4 Å². The molecule has 1 aromatic carbocycles. The summed E-state index contributed by atoms with van der Waals surface area (Å²) in [7, 11) is 0. The first kappa shape index (κ1) is 20.1. The fourth-order valence-electron chi connectivity index (χ4n) is 1.48. The second kappa shape index (κ2) is 8.76. The molecule has 0 aliphatic rings. The van der Waals surface area contributed by atoms with Crippen LogP contribution in [0.4, 0.5) is 0 Å². The van der Waals surface area contributed by atoms with Gasteiger partial charge in [0, 0.05) is 11.0 Å². The fourth-order valence-corrected chi connectivity index (χ4v) is 2.77. The van der Waals surface area contributed by atoms with Gasteiger partial charge >= 0.3 is 11.9 Å². The van der Waals surface area contributed by atoms with Gasteiger partial charge in [-0.25, -0.2) is 9.59 Å². The molecule has 0 bridgehead atoms. The van der Waals surface area contributed by atoms with Gasteiger partial charge in [-0.05, 0) is 6.42 Å². The van der Waals surface area contributed by atoms with Crippen LogP contribution in [-0.2, 0) is 4.74 Å². The van der Waals surface area contributed by atoms with Gasteiger partial charge in [0.25, 0.3) is 0 Å². The molecular weight excluding hydrogens is 414 g/mol. The number of carboxylic acid groups (broad SMARTS) is 1. The van der Waals surface area contributed by atoms with Crippen molar-refractivity contribution in [3.05, 3.63) is 31.2 Å². The molecule has 1 aromatic rings. The third-order valence-corrected chi connectivity index (χ3v) is 5.55. The van der Waals surface area contributed by atoms with E-state index in [1.165, 1.54) is 0 Å². The maximum atomic E-state index is 12.1. The van der Waals surface area contributed by atoms with Crippen molar-refractivity contribution >= 4 is 83.6 Å². The summed E-state index contributed by atoms with van der Waals surface area (Å²) < 4.78 is 4.99. The summed E-state index contributed by atoms with van der Waals surface area (Å²) in [5, 5.41) is 7.99. The Morgan fingerprint density at radius 3 is 2.00 bits per heavy atom. The van der Waals surface area contributed by atoms with Crippen LogP contribution in [0.15, 0.2) is 0 Å². The number of halogens is 4. The van der Waals surface area contributed by atoms with Crippen LogP contribution in [0.5, 0.6) is 0 Å². The Hall–Kier alpha value is 0.0200. The molecule has 22 heavy (non-hydrogen) atoms. The monoisotopic (exact) mass is 422 g/mol. The van der Waals surface area contributed by atoms with Gasteiger partial charge in [0.15, 0.2) is 0 Å². The van der Waals surface area contributed by atoms with Gasteiger partial charge in [-0.3, -0.25) is 0 Å². The maximum absolute atomic E-state index is 12.1. The maximum Gasteiger partial charge on any atom is 0.340 e. The lowest BCUT2D eigenvalue weighted by molar-refractivity contribution is 0.0491. The molecule has 0 spiro atoms. The van der Waals surface area contributed by atoms with Crippen molar-refractivity contribution in [1.82, 2.24) is 0 Å². The van der Waals surface area contributed by atoms with Crippen LogP contribution in [0, 0.1) is 0 Å². The smallest absolute Gasteiger partial charge is 0.340 e. The Morgan fingerprint density at radius 1 is 1.05 bits per heavy atom. The van der Waals surface area contributed by atoms with Gasteiger partial charge in [0.1, 0.15) is 0 Å². The van der Waals surface area contributed by atoms with Crippen molar-refractivity contribution in [1.29, 1.82) is 0 Å². The molecule has 0 saturated carbocycles. The lowest BCUT2D eigenvalue weighted by Crippen LogP contribution is -2.16. The lowest BCUT2D eigenvalue weighted by atomic mass is 10.1. The number of carbonyl (C=O) groups excluding carboxylic acids is 1. The van der Waals surface area contributed by atoms with E-state index in [9.17, 15) is 14.7 Å².